The first kappa shape index (κ1) is 15.7. The van der Waals surface area contributed by atoms with Crippen molar-refractivity contribution in [3.05, 3.63) is 47.0 Å². The van der Waals surface area contributed by atoms with E-state index >= 15 is 0 Å². The molecule has 4 heteroatoms. The number of halogens is 1. The zero-order valence-electron chi connectivity index (χ0n) is 11.5. The zero-order chi connectivity index (χ0) is 14.8. The Morgan fingerprint density at radius 3 is 2.47 bits per heavy atom. The van der Waals surface area contributed by atoms with Gasteiger partial charge in [-0.25, -0.2) is 4.79 Å². The maximum absolute atomic E-state index is 11.3. The maximum Gasteiger partial charge on any atom is 0.328 e. The molecule has 0 radical (unpaired) electrons. The van der Waals surface area contributed by atoms with Crippen molar-refractivity contribution >= 4 is 17.6 Å². The molecular weight excluding hydrogens is 262 g/mol. The van der Waals surface area contributed by atoms with Crippen LogP contribution in [0.4, 0.5) is 0 Å². The number of hydrogen-bond acceptors (Lipinski definition) is 2. The largest absolute Gasteiger partial charge is 0.480 e. The number of carboxylic acid groups (broad SMARTS) is 1. The first-order chi connectivity index (χ1) is 8.60. The van der Waals surface area contributed by atoms with Gasteiger partial charge < -0.3 is 10.8 Å². The van der Waals surface area contributed by atoms with Crippen LogP contribution in [0.25, 0.3) is 0 Å². The predicted molar refractivity (Wildman–Crippen MR) is 78.6 cm³/mol. The average Bonchev–Trinajstić information content (AvgIpc) is 2.29. The first-order valence-electron chi connectivity index (χ1n) is 6.05. The summed E-state index contributed by atoms with van der Waals surface area (Å²) >= 11 is 6.02. The fourth-order valence-corrected chi connectivity index (χ4v) is 2.12. The quantitative estimate of drug-likeness (QED) is 0.834. The Kier molecular flexibility index (Phi) is 4.43. The number of benzene rings is 1. The monoisotopic (exact) mass is 281 g/mol. The summed E-state index contributed by atoms with van der Waals surface area (Å²) in [5.41, 5.74) is 6.14. The van der Waals surface area contributed by atoms with Gasteiger partial charge in [0.15, 0.2) is 0 Å². The van der Waals surface area contributed by atoms with Gasteiger partial charge in [0.2, 0.25) is 0 Å². The highest BCUT2D eigenvalue weighted by Crippen LogP contribution is 2.30. The van der Waals surface area contributed by atoms with Crippen molar-refractivity contribution in [1.29, 1.82) is 0 Å². The third-order valence-electron chi connectivity index (χ3n) is 3.13. The van der Waals surface area contributed by atoms with Gasteiger partial charge in [0.1, 0.15) is 5.54 Å². The number of rotatable bonds is 4. The molecule has 3 N–H and O–H groups in total. The number of carbonyl (C=O) groups is 1. The summed E-state index contributed by atoms with van der Waals surface area (Å²) < 4.78 is 0. The van der Waals surface area contributed by atoms with Crippen LogP contribution in [0.15, 0.2) is 30.9 Å². The lowest BCUT2D eigenvalue weighted by molar-refractivity contribution is -0.141. The lowest BCUT2D eigenvalue weighted by Gasteiger charge is -2.27. The Morgan fingerprint density at radius 1 is 1.47 bits per heavy atom. The molecule has 1 atom stereocenters. The summed E-state index contributed by atoms with van der Waals surface area (Å²) in [6, 6.07) is 5.44. The molecule has 0 aliphatic heterocycles. The average molecular weight is 282 g/mol. The fourth-order valence-electron chi connectivity index (χ4n) is 1.95. The van der Waals surface area contributed by atoms with Crippen molar-refractivity contribution in [3.63, 3.8) is 0 Å². The summed E-state index contributed by atoms with van der Waals surface area (Å²) in [6.07, 6.45) is 1.46. The van der Waals surface area contributed by atoms with Crippen LogP contribution in [0.5, 0.6) is 0 Å². The molecule has 0 bridgehead atoms. The molecule has 0 spiro atoms. The third kappa shape index (κ3) is 3.58. The Labute approximate surface area is 119 Å². The van der Waals surface area contributed by atoms with Gasteiger partial charge >= 0.3 is 5.97 Å². The van der Waals surface area contributed by atoms with Gasteiger partial charge in [-0.2, -0.15) is 0 Å². The summed E-state index contributed by atoms with van der Waals surface area (Å²) in [5.74, 6) is -1.09. The van der Waals surface area contributed by atoms with Crippen molar-refractivity contribution in [3.8, 4) is 0 Å². The van der Waals surface area contributed by atoms with Gasteiger partial charge in [-0.1, -0.05) is 44.5 Å². The molecule has 1 unspecified atom stereocenters. The molecule has 0 saturated heterocycles. The Hall–Kier alpha value is -1.32. The van der Waals surface area contributed by atoms with E-state index in [1.165, 1.54) is 6.08 Å². The molecule has 104 valence electrons. The second kappa shape index (κ2) is 5.35. The highest BCUT2D eigenvalue weighted by atomic mass is 35.5. The van der Waals surface area contributed by atoms with E-state index in [9.17, 15) is 9.90 Å². The molecule has 1 rings (SSSR count). The van der Waals surface area contributed by atoms with E-state index in [0.29, 0.717) is 5.02 Å². The highest BCUT2D eigenvalue weighted by molar-refractivity contribution is 6.30. The Bertz CT molecular complexity index is 505. The van der Waals surface area contributed by atoms with Crippen LogP contribution in [0.2, 0.25) is 5.02 Å². The Balaban J connectivity index is 3.29. The van der Waals surface area contributed by atoms with Crippen molar-refractivity contribution in [2.75, 3.05) is 0 Å². The van der Waals surface area contributed by atoms with Crippen molar-refractivity contribution < 1.29 is 9.90 Å². The SMILES string of the molecule is C=CC(N)(Cc1ccc(Cl)cc1C(C)(C)C)C(=O)O. The van der Waals surface area contributed by atoms with Crippen molar-refractivity contribution in [2.45, 2.75) is 38.1 Å². The Morgan fingerprint density at radius 2 is 2.05 bits per heavy atom. The zero-order valence-corrected chi connectivity index (χ0v) is 12.3. The van der Waals surface area contributed by atoms with E-state index in [4.69, 9.17) is 17.3 Å². The molecule has 0 saturated carbocycles. The summed E-state index contributed by atoms with van der Waals surface area (Å²) in [7, 11) is 0. The molecule has 0 heterocycles. The normalized spacial score (nSPS) is 14.8. The molecule has 19 heavy (non-hydrogen) atoms. The molecule has 1 aromatic rings. The van der Waals surface area contributed by atoms with E-state index in [1.54, 1.807) is 6.07 Å². The molecule has 3 nitrogen and oxygen atoms in total. The van der Waals surface area contributed by atoms with E-state index in [0.717, 1.165) is 11.1 Å². The number of aliphatic carboxylic acids is 1. The lowest BCUT2D eigenvalue weighted by atomic mass is 9.80. The second-order valence-electron chi connectivity index (χ2n) is 5.78. The molecular formula is C15H20ClNO2. The second-order valence-corrected chi connectivity index (χ2v) is 6.21. The minimum absolute atomic E-state index is 0.138. The van der Waals surface area contributed by atoms with Crippen LogP contribution in [-0.4, -0.2) is 16.6 Å². The van der Waals surface area contributed by atoms with E-state index in [1.807, 2.05) is 12.1 Å². The highest BCUT2D eigenvalue weighted by Gasteiger charge is 2.32. The number of carboxylic acids is 1. The molecule has 0 aliphatic rings. The van der Waals surface area contributed by atoms with Gasteiger partial charge in [0, 0.05) is 11.4 Å². The van der Waals surface area contributed by atoms with Crippen molar-refractivity contribution in [1.82, 2.24) is 0 Å². The summed E-state index contributed by atoms with van der Waals surface area (Å²) in [6.45, 7) is 9.68. The molecule has 0 fully saturated rings. The third-order valence-corrected chi connectivity index (χ3v) is 3.36. The molecule has 0 amide bonds. The van der Waals surface area contributed by atoms with Crippen molar-refractivity contribution in [2.24, 2.45) is 5.73 Å². The first-order valence-corrected chi connectivity index (χ1v) is 6.43. The van der Waals surface area contributed by atoms with Crippen LogP contribution in [0.3, 0.4) is 0 Å². The maximum atomic E-state index is 11.3. The van der Waals surface area contributed by atoms with Gasteiger partial charge in [-0.05, 0) is 28.7 Å². The van der Waals surface area contributed by atoms with Crippen LogP contribution in [-0.2, 0) is 16.6 Å². The van der Waals surface area contributed by atoms with Gasteiger partial charge in [0.05, 0.1) is 0 Å². The minimum Gasteiger partial charge on any atom is -0.480 e. The minimum atomic E-state index is -1.46. The summed E-state index contributed by atoms with van der Waals surface area (Å²) in [4.78, 5) is 11.3. The van der Waals surface area contributed by atoms with Crippen LogP contribution in [0, 0.1) is 0 Å². The van der Waals surface area contributed by atoms with Gasteiger partial charge in [0.25, 0.3) is 0 Å². The van der Waals surface area contributed by atoms with E-state index in [-0.39, 0.29) is 11.8 Å². The lowest BCUT2D eigenvalue weighted by Crippen LogP contribution is -2.48. The van der Waals surface area contributed by atoms with Crippen LogP contribution in [0.1, 0.15) is 31.9 Å². The standard InChI is InChI=1S/C15H20ClNO2/c1-5-15(17,13(18)19)9-10-6-7-11(16)8-12(10)14(2,3)4/h5-8H,1,9,17H2,2-4H3,(H,18,19). The fraction of sp³-hybridized carbons (Fsp3) is 0.400. The van der Waals surface area contributed by atoms with Gasteiger partial charge in [-0.15, -0.1) is 6.58 Å². The van der Waals surface area contributed by atoms with E-state index in [2.05, 4.69) is 27.4 Å². The molecule has 0 aliphatic carbocycles. The predicted octanol–water partition coefficient (Wildman–Crippen LogP) is 3.15. The van der Waals surface area contributed by atoms with Crippen LogP contribution < -0.4 is 5.73 Å². The topological polar surface area (TPSA) is 63.3 Å². The molecule has 1 aromatic carbocycles. The smallest absolute Gasteiger partial charge is 0.328 e. The van der Waals surface area contributed by atoms with Crippen LogP contribution >= 0.6 is 11.6 Å². The molecule has 0 aromatic heterocycles. The van der Waals surface area contributed by atoms with Gasteiger partial charge in [-0.3, -0.25) is 0 Å². The summed E-state index contributed by atoms with van der Waals surface area (Å²) in [5, 5.41) is 9.85. The number of nitrogens with two attached hydrogens (primary N) is 1. The number of hydrogen-bond donors (Lipinski definition) is 2. The van der Waals surface area contributed by atoms with E-state index < -0.39 is 11.5 Å².